The van der Waals surface area contributed by atoms with Crippen molar-refractivity contribution in [3.05, 3.63) is 64.1 Å². The summed E-state index contributed by atoms with van der Waals surface area (Å²) in [5.41, 5.74) is 1.13. The number of carbonyl (C=O) groups is 3. The molecular weight excluding hydrogens is 683 g/mol. The summed E-state index contributed by atoms with van der Waals surface area (Å²) < 4.78 is 136. The van der Waals surface area contributed by atoms with Crippen molar-refractivity contribution in [3.8, 4) is 0 Å². The predicted octanol–water partition coefficient (Wildman–Crippen LogP) is 4.91. The number of sulfonamides is 1. The number of anilines is 1. The van der Waals surface area contributed by atoms with Crippen LogP contribution in [-0.4, -0.2) is 67.9 Å². The molecule has 1 atom stereocenters. The largest absolute Gasteiger partial charge is 0.491 e. The highest BCUT2D eigenvalue weighted by molar-refractivity contribution is 9.10. The number of hydrogen-bond donors (Lipinski definition) is 0. The fraction of sp³-hybridized carbons (Fsp3) is 0.348. The van der Waals surface area contributed by atoms with E-state index in [0.717, 1.165) is 16.1 Å². The average Bonchev–Trinajstić information content (AvgIpc) is 2.99. The lowest BCUT2D eigenvalue weighted by Crippen LogP contribution is -2.49. The molecule has 1 aliphatic heterocycles. The van der Waals surface area contributed by atoms with Crippen LogP contribution in [-0.2, 0) is 42.1 Å². The minimum absolute atomic E-state index is 0.0553. The zero-order valence-electron chi connectivity index (χ0n) is 20.8. The Bertz CT molecular complexity index is 1390. The molecule has 1 unspecified atom stereocenters. The van der Waals surface area contributed by atoms with E-state index < -0.39 is 59.0 Å². The first kappa shape index (κ1) is 35.0. The Kier molecular flexibility index (Phi) is 10.8. The van der Waals surface area contributed by atoms with Gasteiger partial charge in [-0.2, -0.15) is 43.8 Å². The SMILES string of the molecule is CS(=O)(=O)N1Cc2cc(Br)ccc2N(C(=O)C(F)(F)F)CC1Cc1ccccc1.O=C(OC(=O)C(F)(F)F)C(F)(F)F. The molecule has 0 N–H and O–H groups in total. The van der Waals surface area contributed by atoms with Crippen LogP contribution in [0.5, 0.6) is 0 Å². The Balaban J connectivity index is 0.000000401. The number of ether oxygens (including phenoxy) is 1. The Morgan fingerprint density at radius 2 is 1.40 bits per heavy atom. The van der Waals surface area contributed by atoms with Gasteiger partial charge < -0.3 is 9.64 Å². The van der Waals surface area contributed by atoms with Crippen LogP contribution in [0.25, 0.3) is 0 Å². The molecule has 0 fully saturated rings. The standard InChI is InChI=1S/C19H18BrF3N2O3S.C4F6O3/c1-29(27,28)25-11-14-10-15(20)7-8-17(14)24(18(26)19(21,22)23)12-16(25)9-13-5-3-2-4-6-13;5-3(6,7)1(11)13-2(12)4(8,9)10/h2-8,10,16H,9,11-12H2,1H3;. The number of halogens is 10. The van der Waals surface area contributed by atoms with Crippen molar-refractivity contribution in [2.45, 2.75) is 37.5 Å². The van der Waals surface area contributed by atoms with Crippen molar-refractivity contribution in [1.82, 2.24) is 4.31 Å². The molecular formula is C23H18BrF9N2O6S. The van der Waals surface area contributed by atoms with Crippen LogP contribution in [0.4, 0.5) is 45.2 Å². The maximum atomic E-state index is 13.3. The van der Waals surface area contributed by atoms with Crippen LogP contribution in [0.15, 0.2) is 53.0 Å². The number of amides is 1. The smallest absolute Gasteiger partial charge is 0.380 e. The van der Waals surface area contributed by atoms with Gasteiger partial charge in [-0.25, -0.2) is 18.0 Å². The Morgan fingerprint density at radius 3 is 1.86 bits per heavy atom. The summed E-state index contributed by atoms with van der Waals surface area (Å²) in [6.45, 7) is -0.540. The first-order valence-electron chi connectivity index (χ1n) is 11.1. The zero-order valence-corrected chi connectivity index (χ0v) is 23.3. The molecule has 2 aromatic carbocycles. The highest BCUT2D eigenvalue weighted by Gasteiger charge is 2.49. The molecule has 2 aromatic rings. The molecule has 3 rings (SSSR count). The van der Waals surface area contributed by atoms with Crippen LogP contribution in [0.3, 0.4) is 0 Å². The van der Waals surface area contributed by atoms with Crippen molar-refractivity contribution in [1.29, 1.82) is 0 Å². The third-order valence-corrected chi connectivity index (χ3v) is 7.11. The molecule has 0 aromatic heterocycles. The van der Waals surface area contributed by atoms with E-state index in [0.29, 0.717) is 14.9 Å². The van der Waals surface area contributed by atoms with Gasteiger partial charge in [0.05, 0.1) is 6.26 Å². The van der Waals surface area contributed by atoms with E-state index in [-0.39, 0.29) is 18.7 Å². The van der Waals surface area contributed by atoms with Gasteiger partial charge in [-0.15, -0.1) is 0 Å². The number of benzene rings is 2. The summed E-state index contributed by atoms with van der Waals surface area (Å²) in [5, 5.41) is 0. The number of fused-ring (bicyclic) bond motifs is 1. The number of alkyl halides is 9. The van der Waals surface area contributed by atoms with Gasteiger partial charge in [0.15, 0.2) is 0 Å². The Morgan fingerprint density at radius 1 is 0.881 bits per heavy atom. The van der Waals surface area contributed by atoms with Gasteiger partial charge in [-0.3, -0.25) is 4.79 Å². The van der Waals surface area contributed by atoms with E-state index in [2.05, 4.69) is 20.7 Å². The normalized spacial score (nSPS) is 16.5. The van der Waals surface area contributed by atoms with Crippen LogP contribution in [0.2, 0.25) is 0 Å². The van der Waals surface area contributed by atoms with E-state index in [1.807, 2.05) is 0 Å². The van der Waals surface area contributed by atoms with Gasteiger partial charge >= 0.3 is 36.4 Å². The summed E-state index contributed by atoms with van der Waals surface area (Å²) in [7, 11) is -3.76. The molecule has 1 amide bonds. The summed E-state index contributed by atoms with van der Waals surface area (Å²) in [6, 6.07) is 12.5. The Labute approximate surface area is 240 Å². The summed E-state index contributed by atoms with van der Waals surface area (Å²) in [5.74, 6) is -8.42. The van der Waals surface area contributed by atoms with E-state index in [1.165, 1.54) is 18.2 Å². The van der Waals surface area contributed by atoms with E-state index in [4.69, 9.17) is 0 Å². The van der Waals surface area contributed by atoms with Crippen molar-refractivity contribution in [2.24, 2.45) is 0 Å². The number of rotatable bonds is 3. The quantitative estimate of drug-likeness (QED) is 0.256. The topological polar surface area (TPSA) is 101 Å². The average molecular weight is 701 g/mol. The number of esters is 2. The van der Waals surface area contributed by atoms with Gasteiger partial charge in [-0.05, 0) is 35.7 Å². The zero-order chi connectivity index (χ0) is 32.3. The molecule has 0 bridgehead atoms. The molecule has 19 heteroatoms. The Hall–Kier alpha value is -3.19. The van der Waals surface area contributed by atoms with Gasteiger partial charge in [-0.1, -0.05) is 46.3 Å². The molecule has 0 saturated carbocycles. The lowest BCUT2D eigenvalue weighted by molar-refractivity contribution is -0.221. The van der Waals surface area contributed by atoms with Gasteiger partial charge in [0.2, 0.25) is 10.0 Å². The fourth-order valence-corrected chi connectivity index (χ4v) is 5.09. The van der Waals surface area contributed by atoms with Crippen molar-refractivity contribution in [2.75, 3.05) is 17.7 Å². The van der Waals surface area contributed by atoms with E-state index in [1.54, 1.807) is 30.3 Å². The second-order valence-electron chi connectivity index (χ2n) is 8.51. The number of hydrogen-bond acceptors (Lipinski definition) is 6. The molecule has 8 nitrogen and oxygen atoms in total. The number of nitrogens with zero attached hydrogens (tertiary/aromatic N) is 2. The van der Waals surface area contributed by atoms with Crippen LogP contribution in [0, 0.1) is 0 Å². The summed E-state index contributed by atoms with van der Waals surface area (Å²) >= 11 is 3.26. The maximum absolute atomic E-state index is 13.3. The van der Waals surface area contributed by atoms with Crippen LogP contribution in [0.1, 0.15) is 11.1 Å². The molecule has 0 saturated heterocycles. The highest BCUT2D eigenvalue weighted by Crippen LogP contribution is 2.34. The minimum atomic E-state index is -5.62. The van der Waals surface area contributed by atoms with Gasteiger partial charge in [0, 0.05) is 29.3 Å². The van der Waals surface area contributed by atoms with Crippen LogP contribution >= 0.6 is 15.9 Å². The molecule has 0 radical (unpaired) electrons. The third kappa shape index (κ3) is 9.69. The van der Waals surface area contributed by atoms with E-state index in [9.17, 15) is 62.3 Å². The van der Waals surface area contributed by atoms with Crippen molar-refractivity contribution in [3.63, 3.8) is 0 Å². The first-order valence-corrected chi connectivity index (χ1v) is 13.7. The monoisotopic (exact) mass is 700 g/mol. The summed E-state index contributed by atoms with van der Waals surface area (Å²) in [4.78, 5) is 32.1. The fourth-order valence-electron chi connectivity index (χ4n) is 3.63. The third-order valence-electron chi connectivity index (χ3n) is 5.34. The predicted molar refractivity (Wildman–Crippen MR) is 130 cm³/mol. The second kappa shape index (κ2) is 13.0. The first-order chi connectivity index (χ1) is 19.0. The minimum Gasteiger partial charge on any atom is -0.380 e. The van der Waals surface area contributed by atoms with Crippen molar-refractivity contribution >= 4 is 49.5 Å². The number of carbonyl (C=O) groups excluding carboxylic acids is 3. The highest BCUT2D eigenvalue weighted by atomic mass is 79.9. The molecule has 42 heavy (non-hydrogen) atoms. The molecule has 1 heterocycles. The van der Waals surface area contributed by atoms with Gasteiger partial charge in [0.1, 0.15) is 0 Å². The van der Waals surface area contributed by atoms with E-state index >= 15 is 0 Å². The summed E-state index contributed by atoms with van der Waals surface area (Å²) in [6.07, 6.45) is -15.1. The second-order valence-corrected chi connectivity index (χ2v) is 11.4. The van der Waals surface area contributed by atoms with Crippen LogP contribution < -0.4 is 4.90 Å². The van der Waals surface area contributed by atoms with Gasteiger partial charge in [0.25, 0.3) is 0 Å². The molecule has 0 spiro atoms. The lowest BCUT2D eigenvalue weighted by Gasteiger charge is -2.30. The molecule has 232 valence electrons. The maximum Gasteiger partial charge on any atom is 0.491 e. The molecule has 0 aliphatic carbocycles. The molecule has 1 aliphatic rings. The lowest BCUT2D eigenvalue weighted by atomic mass is 10.1. The van der Waals surface area contributed by atoms with Crippen molar-refractivity contribution < 1.29 is 67.1 Å².